The number of hydrogen-bond acceptors (Lipinski definition) is 0. The molecule has 0 nitrogen and oxygen atoms in total. The summed E-state index contributed by atoms with van der Waals surface area (Å²) in [4.78, 5) is 0. The molecule has 0 heteroatoms. The van der Waals surface area contributed by atoms with E-state index in [4.69, 9.17) is 0 Å². The van der Waals surface area contributed by atoms with Crippen molar-refractivity contribution in [2.24, 2.45) is 23.7 Å². The van der Waals surface area contributed by atoms with Gasteiger partial charge in [-0.3, -0.25) is 0 Å². The van der Waals surface area contributed by atoms with Gasteiger partial charge in [-0.15, -0.1) is 6.58 Å². The molecule has 0 saturated heterocycles. The Morgan fingerprint density at radius 1 is 0.800 bits per heavy atom. The Hall–Kier alpha value is -0.260. The van der Waals surface area contributed by atoms with Crippen molar-refractivity contribution in [3.63, 3.8) is 0 Å². The molecule has 0 radical (unpaired) electrons. The standard InChI is InChI=1S/C20H40/c1-7-9-11-18(5)13-15-20(17(3)4)16-14-19(6)12-10-8-2/h7,17-20H,1,8-16H2,2-6H3. The predicted octanol–water partition coefficient (Wildman–Crippen LogP) is 7.25. The van der Waals surface area contributed by atoms with Gasteiger partial charge in [0.15, 0.2) is 0 Å². The first kappa shape index (κ1) is 19.7. The fourth-order valence-corrected chi connectivity index (χ4v) is 3.05. The second kappa shape index (κ2) is 12.5. The fraction of sp³-hybridized carbons (Fsp3) is 0.900. The molecular formula is C20H40. The maximum Gasteiger partial charge on any atom is -0.0351 e. The van der Waals surface area contributed by atoms with E-state index in [9.17, 15) is 0 Å². The van der Waals surface area contributed by atoms with Crippen LogP contribution < -0.4 is 0 Å². The predicted molar refractivity (Wildman–Crippen MR) is 94.1 cm³/mol. The zero-order chi connectivity index (χ0) is 15.4. The van der Waals surface area contributed by atoms with Crippen molar-refractivity contribution >= 4 is 0 Å². The first-order chi connectivity index (χ1) is 9.51. The topological polar surface area (TPSA) is 0 Å². The number of hydrogen-bond donors (Lipinski definition) is 0. The molecule has 120 valence electrons. The fourth-order valence-electron chi connectivity index (χ4n) is 3.05. The van der Waals surface area contributed by atoms with Crippen LogP contribution in [0.15, 0.2) is 12.7 Å². The summed E-state index contributed by atoms with van der Waals surface area (Å²) in [7, 11) is 0. The first-order valence-corrected chi connectivity index (χ1v) is 9.12. The summed E-state index contributed by atoms with van der Waals surface area (Å²) in [6, 6.07) is 0. The van der Waals surface area contributed by atoms with Crippen LogP contribution in [0.25, 0.3) is 0 Å². The van der Waals surface area contributed by atoms with Gasteiger partial charge < -0.3 is 0 Å². The summed E-state index contributed by atoms with van der Waals surface area (Å²) in [5.74, 6) is 3.58. The van der Waals surface area contributed by atoms with Gasteiger partial charge in [0.2, 0.25) is 0 Å². The van der Waals surface area contributed by atoms with E-state index in [1.807, 2.05) is 0 Å². The normalized spacial score (nSPS) is 16.1. The van der Waals surface area contributed by atoms with E-state index >= 15 is 0 Å². The third-order valence-corrected chi connectivity index (χ3v) is 4.92. The summed E-state index contributed by atoms with van der Waals surface area (Å²) in [5.41, 5.74) is 0. The smallest absolute Gasteiger partial charge is 0.0351 e. The molecule has 0 spiro atoms. The lowest BCUT2D eigenvalue weighted by Crippen LogP contribution is -2.12. The summed E-state index contributed by atoms with van der Waals surface area (Å²) in [6.45, 7) is 15.8. The number of rotatable bonds is 13. The van der Waals surface area contributed by atoms with Gasteiger partial charge in [0, 0.05) is 0 Å². The Morgan fingerprint density at radius 2 is 1.35 bits per heavy atom. The molecule has 3 unspecified atom stereocenters. The van der Waals surface area contributed by atoms with Gasteiger partial charge in [0.05, 0.1) is 0 Å². The molecule has 0 heterocycles. The average molecular weight is 281 g/mol. The van der Waals surface area contributed by atoms with E-state index in [1.165, 1.54) is 57.8 Å². The lowest BCUT2D eigenvalue weighted by molar-refractivity contribution is 0.278. The molecule has 0 aliphatic carbocycles. The van der Waals surface area contributed by atoms with Gasteiger partial charge in [-0.2, -0.15) is 0 Å². The SMILES string of the molecule is C=CCCC(C)CCC(CCC(C)CCCC)C(C)C. The molecule has 0 bridgehead atoms. The summed E-state index contributed by atoms with van der Waals surface area (Å²) < 4.78 is 0. The number of allylic oxidation sites excluding steroid dienone is 1. The van der Waals surface area contributed by atoms with Gasteiger partial charge in [0.25, 0.3) is 0 Å². The Labute approximate surface area is 129 Å². The molecular weight excluding hydrogens is 240 g/mol. The summed E-state index contributed by atoms with van der Waals surface area (Å²) in [6.07, 6.45) is 14.5. The van der Waals surface area contributed by atoms with Crippen molar-refractivity contribution in [3.05, 3.63) is 12.7 Å². The van der Waals surface area contributed by atoms with Crippen LogP contribution in [0.1, 0.15) is 92.4 Å². The van der Waals surface area contributed by atoms with Crippen LogP contribution in [0, 0.1) is 23.7 Å². The van der Waals surface area contributed by atoms with Crippen LogP contribution >= 0.6 is 0 Å². The summed E-state index contributed by atoms with van der Waals surface area (Å²) in [5, 5.41) is 0. The second-order valence-electron chi connectivity index (χ2n) is 7.38. The molecule has 0 aromatic heterocycles. The van der Waals surface area contributed by atoms with Crippen molar-refractivity contribution in [2.45, 2.75) is 92.4 Å². The molecule has 0 saturated carbocycles. The first-order valence-electron chi connectivity index (χ1n) is 9.12. The molecule has 0 fully saturated rings. The molecule has 0 aliphatic rings. The highest BCUT2D eigenvalue weighted by Gasteiger charge is 2.16. The van der Waals surface area contributed by atoms with Crippen LogP contribution in [0.3, 0.4) is 0 Å². The third-order valence-electron chi connectivity index (χ3n) is 4.92. The minimum Gasteiger partial charge on any atom is -0.103 e. The van der Waals surface area contributed by atoms with Crippen LogP contribution in [0.2, 0.25) is 0 Å². The Balaban J connectivity index is 3.94. The van der Waals surface area contributed by atoms with Gasteiger partial charge in [-0.25, -0.2) is 0 Å². The molecule has 0 rings (SSSR count). The highest BCUT2D eigenvalue weighted by molar-refractivity contribution is 4.71. The van der Waals surface area contributed by atoms with Gasteiger partial charge in [0.1, 0.15) is 0 Å². The monoisotopic (exact) mass is 280 g/mol. The lowest BCUT2D eigenvalue weighted by Gasteiger charge is -2.24. The minimum atomic E-state index is 0.847. The maximum absolute atomic E-state index is 3.83. The molecule has 0 aromatic rings. The van der Waals surface area contributed by atoms with E-state index in [0.29, 0.717) is 0 Å². The minimum absolute atomic E-state index is 0.847. The van der Waals surface area contributed by atoms with Crippen LogP contribution in [0.5, 0.6) is 0 Å². The van der Waals surface area contributed by atoms with Crippen LogP contribution in [-0.4, -0.2) is 0 Å². The average Bonchev–Trinajstić information content (AvgIpc) is 2.42. The quantitative estimate of drug-likeness (QED) is 0.312. The largest absolute Gasteiger partial charge is 0.103 e. The molecule has 0 aliphatic heterocycles. The Morgan fingerprint density at radius 3 is 1.80 bits per heavy atom. The molecule has 0 aromatic carbocycles. The highest BCUT2D eigenvalue weighted by Crippen LogP contribution is 2.28. The van der Waals surface area contributed by atoms with E-state index in [0.717, 1.165) is 23.7 Å². The molecule has 3 atom stereocenters. The van der Waals surface area contributed by atoms with E-state index in [1.54, 1.807) is 0 Å². The zero-order valence-corrected chi connectivity index (χ0v) is 15.0. The maximum atomic E-state index is 3.83. The van der Waals surface area contributed by atoms with Crippen molar-refractivity contribution in [1.29, 1.82) is 0 Å². The van der Waals surface area contributed by atoms with Crippen LogP contribution in [0.4, 0.5) is 0 Å². The van der Waals surface area contributed by atoms with Gasteiger partial charge >= 0.3 is 0 Å². The Bertz CT molecular complexity index is 216. The second-order valence-corrected chi connectivity index (χ2v) is 7.38. The molecule has 0 N–H and O–H groups in total. The van der Waals surface area contributed by atoms with Gasteiger partial charge in [-0.05, 0) is 49.4 Å². The molecule has 20 heavy (non-hydrogen) atoms. The summed E-state index contributed by atoms with van der Waals surface area (Å²) >= 11 is 0. The van der Waals surface area contributed by atoms with Crippen molar-refractivity contribution in [2.75, 3.05) is 0 Å². The van der Waals surface area contributed by atoms with Crippen molar-refractivity contribution in [3.8, 4) is 0 Å². The zero-order valence-electron chi connectivity index (χ0n) is 15.0. The van der Waals surface area contributed by atoms with Gasteiger partial charge in [-0.1, -0.05) is 72.8 Å². The molecule has 0 amide bonds. The van der Waals surface area contributed by atoms with Crippen molar-refractivity contribution < 1.29 is 0 Å². The van der Waals surface area contributed by atoms with E-state index < -0.39 is 0 Å². The van der Waals surface area contributed by atoms with E-state index in [-0.39, 0.29) is 0 Å². The third kappa shape index (κ3) is 10.5. The highest BCUT2D eigenvalue weighted by atomic mass is 14.2. The Kier molecular flexibility index (Phi) is 12.3. The lowest BCUT2D eigenvalue weighted by atomic mass is 9.82. The van der Waals surface area contributed by atoms with E-state index in [2.05, 4.69) is 47.3 Å². The van der Waals surface area contributed by atoms with Crippen LogP contribution in [-0.2, 0) is 0 Å². The number of unbranched alkanes of at least 4 members (excludes halogenated alkanes) is 1. The van der Waals surface area contributed by atoms with Crippen molar-refractivity contribution in [1.82, 2.24) is 0 Å².